The molecule has 88 valence electrons. The van der Waals surface area contributed by atoms with E-state index in [1.165, 1.54) is 12.3 Å². The third-order valence-corrected chi connectivity index (χ3v) is 2.54. The first-order valence-corrected chi connectivity index (χ1v) is 5.20. The van der Waals surface area contributed by atoms with E-state index in [1.807, 2.05) is 0 Å². The van der Waals surface area contributed by atoms with Crippen LogP contribution in [-0.4, -0.2) is 4.92 Å². The molecule has 17 heavy (non-hydrogen) atoms. The van der Waals surface area contributed by atoms with E-state index in [-0.39, 0.29) is 11.7 Å². The number of nitrogens with two attached hydrogens (primary N) is 1. The van der Waals surface area contributed by atoms with E-state index in [0.717, 1.165) is 0 Å². The molecule has 1 aromatic carbocycles. The normalized spacial score (nSPS) is 12.3. The summed E-state index contributed by atoms with van der Waals surface area (Å²) in [6.07, 6.45) is 1.92. The van der Waals surface area contributed by atoms with Gasteiger partial charge in [0.2, 0.25) is 0 Å². The summed E-state index contributed by atoms with van der Waals surface area (Å²) in [4.78, 5) is 10.4. The summed E-state index contributed by atoms with van der Waals surface area (Å²) in [6, 6.07) is 9.72. The van der Waals surface area contributed by atoms with Gasteiger partial charge in [0.05, 0.1) is 17.2 Å². The fraction of sp³-hybridized carbons (Fsp3) is 0.167. The Morgan fingerprint density at radius 3 is 2.71 bits per heavy atom. The maximum Gasteiger partial charge on any atom is 0.272 e. The SMILES string of the molecule is NC(Cc1ccccc1[N+](=O)[O-])c1ccco1. The maximum absolute atomic E-state index is 10.8. The molecule has 1 unspecified atom stereocenters. The zero-order chi connectivity index (χ0) is 12.3. The molecule has 2 rings (SSSR count). The van der Waals surface area contributed by atoms with Crippen molar-refractivity contribution >= 4 is 5.69 Å². The molecule has 0 saturated carbocycles. The van der Waals surface area contributed by atoms with Crippen LogP contribution in [0.15, 0.2) is 47.1 Å². The van der Waals surface area contributed by atoms with Crippen LogP contribution in [0.4, 0.5) is 5.69 Å². The molecule has 0 aliphatic heterocycles. The minimum Gasteiger partial charge on any atom is -0.468 e. The molecular weight excluding hydrogens is 220 g/mol. The van der Waals surface area contributed by atoms with E-state index < -0.39 is 4.92 Å². The van der Waals surface area contributed by atoms with Gasteiger partial charge in [-0.25, -0.2) is 0 Å². The van der Waals surface area contributed by atoms with Crippen LogP contribution in [0.5, 0.6) is 0 Å². The molecule has 1 aromatic heterocycles. The standard InChI is InChI=1S/C12H12N2O3/c13-10(12-6-3-7-17-12)8-9-4-1-2-5-11(9)14(15)16/h1-7,10H,8,13H2. The minimum absolute atomic E-state index is 0.0921. The first-order valence-electron chi connectivity index (χ1n) is 5.20. The van der Waals surface area contributed by atoms with Gasteiger partial charge >= 0.3 is 0 Å². The highest BCUT2D eigenvalue weighted by Gasteiger charge is 2.17. The number of rotatable bonds is 4. The van der Waals surface area contributed by atoms with Crippen molar-refractivity contribution in [1.82, 2.24) is 0 Å². The Morgan fingerprint density at radius 2 is 2.06 bits per heavy atom. The zero-order valence-corrected chi connectivity index (χ0v) is 9.08. The van der Waals surface area contributed by atoms with Gasteiger partial charge in [-0.3, -0.25) is 10.1 Å². The molecule has 0 saturated heterocycles. The average molecular weight is 232 g/mol. The average Bonchev–Trinajstić information content (AvgIpc) is 2.83. The Balaban J connectivity index is 2.21. The highest BCUT2D eigenvalue weighted by atomic mass is 16.6. The summed E-state index contributed by atoms with van der Waals surface area (Å²) < 4.78 is 5.17. The Kier molecular flexibility index (Phi) is 3.20. The summed E-state index contributed by atoms with van der Waals surface area (Å²) in [5, 5.41) is 10.8. The van der Waals surface area contributed by atoms with Gasteiger partial charge in [0.15, 0.2) is 0 Å². The van der Waals surface area contributed by atoms with Crippen LogP contribution in [0, 0.1) is 10.1 Å². The zero-order valence-electron chi connectivity index (χ0n) is 9.08. The minimum atomic E-state index is -0.399. The molecule has 2 N–H and O–H groups in total. The molecular formula is C12H12N2O3. The molecule has 0 spiro atoms. The van der Waals surface area contributed by atoms with Crippen LogP contribution < -0.4 is 5.73 Å². The number of nitro benzene ring substituents is 1. The van der Waals surface area contributed by atoms with E-state index in [1.54, 1.807) is 30.3 Å². The Morgan fingerprint density at radius 1 is 1.29 bits per heavy atom. The lowest BCUT2D eigenvalue weighted by Crippen LogP contribution is -2.13. The second-order valence-electron chi connectivity index (χ2n) is 3.71. The van der Waals surface area contributed by atoms with E-state index in [4.69, 9.17) is 10.2 Å². The number of benzene rings is 1. The second-order valence-corrected chi connectivity index (χ2v) is 3.71. The maximum atomic E-state index is 10.8. The van der Waals surface area contributed by atoms with Crippen molar-refractivity contribution in [2.24, 2.45) is 5.73 Å². The lowest BCUT2D eigenvalue weighted by molar-refractivity contribution is -0.385. The van der Waals surface area contributed by atoms with Crippen molar-refractivity contribution in [3.63, 3.8) is 0 Å². The van der Waals surface area contributed by atoms with Crippen molar-refractivity contribution in [2.45, 2.75) is 12.5 Å². The van der Waals surface area contributed by atoms with E-state index in [0.29, 0.717) is 17.7 Å². The molecule has 0 aliphatic carbocycles. The smallest absolute Gasteiger partial charge is 0.272 e. The molecule has 0 radical (unpaired) electrons. The number of hydrogen-bond donors (Lipinski definition) is 1. The first-order chi connectivity index (χ1) is 8.18. The number of hydrogen-bond acceptors (Lipinski definition) is 4. The summed E-state index contributed by atoms with van der Waals surface area (Å²) in [5.74, 6) is 0.628. The third-order valence-electron chi connectivity index (χ3n) is 2.54. The number of nitro groups is 1. The quantitative estimate of drug-likeness (QED) is 0.648. The fourth-order valence-electron chi connectivity index (χ4n) is 1.70. The van der Waals surface area contributed by atoms with Crippen LogP contribution >= 0.6 is 0 Å². The summed E-state index contributed by atoms with van der Waals surface area (Å²) in [5.41, 5.74) is 6.63. The Hall–Kier alpha value is -2.14. The summed E-state index contributed by atoms with van der Waals surface area (Å²) in [6.45, 7) is 0. The summed E-state index contributed by atoms with van der Waals surface area (Å²) >= 11 is 0. The van der Waals surface area contributed by atoms with Crippen molar-refractivity contribution in [3.05, 3.63) is 64.1 Å². The van der Waals surface area contributed by atoms with Gasteiger partial charge in [-0.15, -0.1) is 0 Å². The lowest BCUT2D eigenvalue weighted by Gasteiger charge is -2.08. The van der Waals surface area contributed by atoms with Crippen LogP contribution in [-0.2, 0) is 6.42 Å². The highest BCUT2D eigenvalue weighted by Crippen LogP contribution is 2.23. The fourth-order valence-corrected chi connectivity index (χ4v) is 1.70. The molecule has 1 atom stereocenters. The second kappa shape index (κ2) is 4.80. The van der Waals surface area contributed by atoms with Gasteiger partial charge in [-0.2, -0.15) is 0 Å². The predicted octanol–water partition coefficient (Wildman–Crippen LogP) is 2.43. The van der Waals surface area contributed by atoms with Crippen LogP contribution in [0.3, 0.4) is 0 Å². The molecule has 2 aromatic rings. The Bertz CT molecular complexity index is 508. The molecule has 5 heteroatoms. The van der Waals surface area contributed by atoms with Gasteiger partial charge < -0.3 is 10.2 Å². The number of para-hydroxylation sites is 1. The van der Waals surface area contributed by atoms with Gasteiger partial charge in [-0.05, 0) is 12.1 Å². The van der Waals surface area contributed by atoms with E-state index in [2.05, 4.69) is 0 Å². The monoisotopic (exact) mass is 232 g/mol. The summed E-state index contributed by atoms with van der Waals surface area (Å²) in [7, 11) is 0. The molecule has 0 fully saturated rings. The van der Waals surface area contributed by atoms with Gasteiger partial charge in [0.1, 0.15) is 5.76 Å². The van der Waals surface area contributed by atoms with E-state index in [9.17, 15) is 10.1 Å². The van der Waals surface area contributed by atoms with E-state index >= 15 is 0 Å². The highest BCUT2D eigenvalue weighted by molar-refractivity contribution is 5.40. The largest absolute Gasteiger partial charge is 0.468 e. The third kappa shape index (κ3) is 2.51. The van der Waals surface area contributed by atoms with Crippen LogP contribution in [0.1, 0.15) is 17.4 Å². The lowest BCUT2D eigenvalue weighted by atomic mass is 10.0. The number of furan rings is 1. The first kappa shape index (κ1) is 11.3. The Labute approximate surface area is 98.0 Å². The van der Waals surface area contributed by atoms with Crippen LogP contribution in [0.25, 0.3) is 0 Å². The number of nitrogens with zero attached hydrogens (tertiary/aromatic N) is 1. The molecule has 5 nitrogen and oxygen atoms in total. The van der Waals surface area contributed by atoms with Gasteiger partial charge in [0.25, 0.3) is 5.69 Å². The molecule has 0 bridgehead atoms. The van der Waals surface area contributed by atoms with Crippen molar-refractivity contribution < 1.29 is 9.34 Å². The van der Waals surface area contributed by atoms with Crippen LogP contribution in [0.2, 0.25) is 0 Å². The molecule has 1 heterocycles. The van der Waals surface area contributed by atoms with Crippen molar-refractivity contribution in [1.29, 1.82) is 0 Å². The predicted molar refractivity (Wildman–Crippen MR) is 62.4 cm³/mol. The van der Waals surface area contributed by atoms with Crippen molar-refractivity contribution in [2.75, 3.05) is 0 Å². The van der Waals surface area contributed by atoms with Gasteiger partial charge in [0, 0.05) is 18.1 Å². The molecule has 0 aliphatic rings. The van der Waals surface area contributed by atoms with Crippen molar-refractivity contribution in [3.8, 4) is 0 Å². The topological polar surface area (TPSA) is 82.3 Å². The van der Waals surface area contributed by atoms with Gasteiger partial charge in [-0.1, -0.05) is 18.2 Å². The molecule has 0 amide bonds.